The quantitative estimate of drug-likeness (QED) is 0.783. The molecule has 0 spiro atoms. The minimum atomic E-state index is -3.90. The number of hydrogen-bond acceptors (Lipinski definition) is 3. The van der Waals surface area contributed by atoms with Crippen LogP contribution in [-0.2, 0) is 10.0 Å². The van der Waals surface area contributed by atoms with Gasteiger partial charge in [0.1, 0.15) is 10.0 Å². The van der Waals surface area contributed by atoms with Gasteiger partial charge in [-0.2, -0.15) is 0 Å². The SMILES string of the molecule is O=S(=O)(Nc1c(F)cc(F)cc1Br)c1ccc(Br)s1. The Kier molecular flexibility index (Phi) is 4.29. The molecule has 1 aromatic heterocycles. The lowest BCUT2D eigenvalue weighted by molar-refractivity contribution is 0.582. The van der Waals surface area contributed by atoms with Crippen LogP contribution in [0.15, 0.2) is 36.7 Å². The highest BCUT2D eigenvalue weighted by Gasteiger charge is 2.20. The summed E-state index contributed by atoms with van der Waals surface area (Å²) in [5.74, 6) is -1.79. The largest absolute Gasteiger partial charge is 0.275 e. The number of nitrogens with one attached hydrogen (secondary N) is 1. The van der Waals surface area contributed by atoms with Crippen molar-refractivity contribution in [3.05, 3.63) is 44.2 Å². The highest BCUT2D eigenvalue weighted by atomic mass is 79.9. The molecule has 0 fully saturated rings. The summed E-state index contributed by atoms with van der Waals surface area (Å²) in [6.07, 6.45) is 0. The molecule has 0 atom stereocenters. The molecule has 0 saturated carbocycles. The second kappa shape index (κ2) is 5.47. The molecular weight excluding hydrogens is 428 g/mol. The van der Waals surface area contributed by atoms with Crippen LogP contribution in [0.5, 0.6) is 0 Å². The summed E-state index contributed by atoms with van der Waals surface area (Å²) >= 11 is 7.04. The first-order chi connectivity index (χ1) is 8.79. The molecule has 0 amide bonds. The van der Waals surface area contributed by atoms with E-state index in [2.05, 4.69) is 36.6 Å². The maximum absolute atomic E-state index is 13.6. The molecule has 0 bridgehead atoms. The molecule has 0 aliphatic rings. The lowest BCUT2D eigenvalue weighted by Crippen LogP contribution is -2.13. The molecule has 102 valence electrons. The van der Waals surface area contributed by atoms with Gasteiger partial charge in [-0.25, -0.2) is 17.2 Å². The molecule has 0 aliphatic carbocycles. The first kappa shape index (κ1) is 14.9. The number of thiophene rings is 1. The lowest BCUT2D eigenvalue weighted by atomic mass is 10.3. The number of anilines is 1. The maximum atomic E-state index is 13.6. The first-order valence-corrected chi connectivity index (χ1v) is 8.61. The third-order valence-electron chi connectivity index (χ3n) is 2.06. The molecule has 1 heterocycles. The number of halogens is 4. The van der Waals surface area contributed by atoms with Gasteiger partial charge in [0.15, 0.2) is 5.82 Å². The van der Waals surface area contributed by atoms with Crippen molar-refractivity contribution in [2.45, 2.75) is 4.21 Å². The van der Waals surface area contributed by atoms with Crippen LogP contribution in [0.4, 0.5) is 14.5 Å². The highest BCUT2D eigenvalue weighted by molar-refractivity contribution is 9.11. The fraction of sp³-hybridized carbons (Fsp3) is 0. The molecule has 0 unspecified atom stereocenters. The first-order valence-electron chi connectivity index (χ1n) is 4.72. The summed E-state index contributed by atoms with van der Waals surface area (Å²) in [7, 11) is -3.90. The molecule has 3 nitrogen and oxygen atoms in total. The normalized spacial score (nSPS) is 11.6. The van der Waals surface area contributed by atoms with E-state index in [9.17, 15) is 17.2 Å². The van der Waals surface area contributed by atoms with Gasteiger partial charge in [-0.3, -0.25) is 4.72 Å². The Balaban J connectivity index is 2.41. The summed E-state index contributed by atoms with van der Waals surface area (Å²) in [6, 6.07) is 4.53. The Hall–Kier alpha value is -0.510. The summed E-state index contributed by atoms with van der Waals surface area (Å²) in [5, 5.41) is 0. The zero-order chi connectivity index (χ0) is 14.2. The summed E-state index contributed by atoms with van der Waals surface area (Å²) in [4.78, 5) is 0. The third kappa shape index (κ3) is 3.33. The molecule has 0 saturated heterocycles. The van der Waals surface area contributed by atoms with Crippen LogP contribution >= 0.6 is 43.2 Å². The molecule has 0 radical (unpaired) electrons. The number of sulfonamides is 1. The van der Waals surface area contributed by atoms with Crippen LogP contribution in [0.2, 0.25) is 0 Å². The van der Waals surface area contributed by atoms with E-state index in [-0.39, 0.29) is 14.4 Å². The summed E-state index contributed by atoms with van der Waals surface area (Å²) in [6.45, 7) is 0. The molecule has 2 aromatic rings. The second-order valence-corrected chi connectivity index (χ2v) is 8.64. The van der Waals surface area contributed by atoms with Crippen LogP contribution in [0.25, 0.3) is 0 Å². The Morgan fingerprint density at radius 3 is 2.37 bits per heavy atom. The van der Waals surface area contributed by atoms with Gasteiger partial charge in [0, 0.05) is 10.5 Å². The standard InChI is InChI=1S/C10H5Br2F2NO2S2/c11-6-3-5(13)4-7(14)10(6)15-19(16,17)9-2-1-8(12)18-9/h1-4,15H. The van der Waals surface area contributed by atoms with Crippen molar-refractivity contribution in [2.75, 3.05) is 4.72 Å². The molecule has 9 heteroatoms. The van der Waals surface area contributed by atoms with E-state index < -0.39 is 21.7 Å². The van der Waals surface area contributed by atoms with E-state index in [0.29, 0.717) is 9.85 Å². The van der Waals surface area contributed by atoms with Gasteiger partial charge in [0.2, 0.25) is 0 Å². The summed E-state index contributed by atoms with van der Waals surface area (Å²) < 4.78 is 53.2. The Morgan fingerprint density at radius 2 is 1.84 bits per heavy atom. The van der Waals surface area contributed by atoms with Gasteiger partial charge in [0.05, 0.1) is 9.47 Å². The number of hydrogen-bond donors (Lipinski definition) is 1. The van der Waals surface area contributed by atoms with Crippen LogP contribution in [0, 0.1) is 11.6 Å². The minimum Gasteiger partial charge on any atom is -0.275 e. The predicted octanol–water partition coefficient (Wildman–Crippen LogP) is 4.35. The summed E-state index contributed by atoms with van der Waals surface area (Å²) in [5.41, 5.74) is -0.328. The monoisotopic (exact) mass is 431 g/mol. The highest BCUT2D eigenvalue weighted by Crippen LogP contribution is 2.32. The van der Waals surface area contributed by atoms with Gasteiger partial charge in [0.25, 0.3) is 10.0 Å². The number of rotatable bonds is 3. The van der Waals surface area contributed by atoms with Crippen LogP contribution < -0.4 is 4.72 Å². The van der Waals surface area contributed by atoms with E-state index in [1.165, 1.54) is 6.07 Å². The fourth-order valence-electron chi connectivity index (χ4n) is 1.27. The molecule has 2 rings (SSSR count). The van der Waals surface area contributed by atoms with Crippen molar-refractivity contribution in [1.29, 1.82) is 0 Å². The molecule has 1 aromatic carbocycles. The van der Waals surface area contributed by atoms with E-state index in [4.69, 9.17) is 0 Å². The van der Waals surface area contributed by atoms with Gasteiger partial charge in [-0.15, -0.1) is 11.3 Å². The van der Waals surface area contributed by atoms with Gasteiger partial charge >= 0.3 is 0 Å². The fourth-order valence-corrected chi connectivity index (χ4v) is 5.00. The lowest BCUT2D eigenvalue weighted by Gasteiger charge is -2.09. The smallest absolute Gasteiger partial charge is 0.271 e. The van der Waals surface area contributed by atoms with Gasteiger partial charge in [-0.05, 0) is 50.1 Å². The van der Waals surface area contributed by atoms with Crippen molar-refractivity contribution < 1.29 is 17.2 Å². The zero-order valence-corrected chi connectivity index (χ0v) is 13.8. The van der Waals surface area contributed by atoms with Crippen molar-refractivity contribution in [3.63, 3.8) is 0 Å². The Morgan fingerprint density at radius 1 is 1.16 bits per heavy atom. The molecule has 0 aliphatic heterocycles. The Labute approximate surface area is 129 Å². The third-order valence-corrected chi connectivity index (χ3v) is 6.15. The van der Waals surface area contributed by atoms with E-state index in [1.807, 2.05) is 0 Å². The minimum absolute atomic E-state index is 0.0100. The topological polar surface area (TPSA) is 46.2 Å². The van der Waals surface area contributed by atoms with E-state index in [1.54, 1.807) is 6.07 Å². The maximum Gasteiger partial charge on any atom is 0.271 e. The average molecular weight is 433 g/mol. The van der Waals surface area contributed by atoms with Crippen molar-refractivity contribution >= 4 is 58.9 Å². The molecule has 19 heavy (non-hydrogen) atoms. The van der Waals surface area contributed by atoms with Crippen molar-refractivity contribution in [3.8, 4) is 0 Å². The molecular formula is C10H5Br2F2NO2S2. The van der Waals surface area contributed by atoms with E-state index in [0.717, 1.165) is 17.4 Å². The Bertz CT molecular complexity index is 708. The van der Waals surface area contributed by atoms with Crippen LogP contribution in [0.3, 0.4) is 0 Å². The molecule has 1 N–H and O–H groups in total. The van der Waals surface area contributed by atoms with Crippen LogP contribution in [-0.4, -0.2) is 8.42 Å². The second-order valence-electron chi connectivity index (χ2n) is 3.41. The predicted molar refractivity (Wildman–Crippen MR) is 76.9 cm³/mol. The van der Waals surface area contributed by atoms with Gasteiger partial charge in [-0.1, -0.05) is 0 Å². The van der Waals surface area contributed by atoms with Crippen molar-refractivity contribution in [2.24, 2.45) is 0 Å². The van der Waals surface area contributed by atoms with Crippen LogP contribution in [0.1, 0.15) is 0 Å². The zero-order valence-electron chi connectivity index (χ0n) is 8.95. The van der Waals surface area contributed by atoms with E-state index >= 15 is 0 Å². The average Bonchev–Trinajstić information content (AvgIpc) is 2.71. The number of benzene rings is 1. The van der Waals surface area contributed by atoms with Crippen molar-refractivity contribution in [1.82, 2.24) is 0 Å². The van der Waals surface area contributed by atoms with Gasteiger partial charge < -0.3 is 0 Å².